The summed E-state index contributed by atoms with van der Waals surface area (Å²) in [6.07, 6.45) is 8.82. The molecular formula is C21H27N. The molecule has 0 amide bonds. The van der Waals surface area contributed by atoms with Crippen LogP contribution in [-0.2, 0) is 12.8 Å². The van der Waals surface area contributed by atoms with Gasteiger partial charge in [-0.1, -0.05) is 54.6 Å². The quantitative estimate of drug-likeness (QED) is 0.776. The zero-order chi connectivity index (χ0) is 15.8. The van der Waals surface area contributed by atoms with E-state index in [1.54, 1.807) is 0 Å². The van der Waals surface area contributed by atoms with Gasteiger partial charge >= 0.3 is 0 Å². The lowest BCUT2D eigenvalue weighted by Gasteiger charge is -2.04. The second-order valence-corrected chi connectivity index (χ2v) is 6.00. The number of hydrogen-bond donors (Lipinski definition) is 1. The zero-order valence-electron chi connectivity index (χ0n) is 13.8. The van der Waals surface area contributed by atoms with E-state index in [2.05, 4.69) is 68.5 Å². The molecule has 0 spiro atoms. The molecule has 1 heteroatoms. The van der Waals surface area contributed by atoms with Crippen molar-refractivity contribution in [1.82, 2.24) is 0 Å². The summed E-state index contributed by atoms with van der Waals surface area (Å²) in [5.41, 5.74) is 12.4. The van der Waals surface area contributed by atoms with Gasteiger partial charge in [0.2, 0.25) is 0 Å². The van der Waals surface area contributed by atoms with E-state index >= 15 is 0 Å². The van der Waals surface area contributed by atoms with E-state index in [4.69, 9.17) is 5.73 Å². The van der Waals surface area contributed by atoms with Crippen molar-refractivity contribution in [3.05, 3.63) is 76.4 Å². The second-order valence-electron chi connectivity index (χ2n) is 6.00. The molecule has 0 aliphatic rings. The van der Waals surface area contributed by atoms with E-state index < -0.39 is 0 Å². The Bertz CT molecular complexity index is 626. The highest BCUT2D eigenvalue weighted by molar-refractivity contribution is 5.51. The molecule has 0 radical (unpaired) electrons. The summed E-state index contributed by atoms with van der Waals surface area (Å²) in [5.74, 6) is 0. The molecule has 2 N–H and O–H groups in total. The largest absolute Gasteiger partial charge is 0.330 e. The third-order valence-electron chi connectivity index (χ3n) is 4.10. The van der Waals surface area contributed by atoms with Crippen molar-refractivity contribution < 1.29 is 0 Å². The van der Waals surface area contributed by atoms with Crippen LogP contribution in [0, 0.1) is 13.8 Å². The summed E-state index contributed by atoms with van der Waals surface area (Å²) in [6, 6.07) is 15.5. The molecule has 2 rings (SSSR count). The SMILES string of the molecule is Cc1ccc(/C=C\CCc2cccc(CCCN)c2)cc1C. The van der Waals surface area contributed by atoms with E-state index in [9.17, 15) is 0 Å². The molecule has 116 valence electrons. The summed E-state index contributed by atoms with van der Waals surface area (Å²) in [7, 11) is 0. The fourth-order valence-electron chi connectivity index (χ4n) is 2.58. The molecule has 0 aliphatic carbocycles. The lowest BCUT2D eigenvalue weighted by atomic mass is 10.0. The van der Waals surface area contributed by atoms with Gasteiger partial charge in [0.1, 0.15) is 0 Å². The highest BCUT2D eigenvalue weighted by Crippen LogP contribution is 2.13. The van der Waals surface area contributed by atoms with E-state index in [0.717, 1.165) is 32.2 Å². The van der Waals surface area contributed by atoms with Crippen LogP contribution in [0.1, 0.15) is 40.7 Å². The molecule has 0 saturated heterocycles. The van der Waals surface area contributed by atoms with Crippen LogP contribution in [0.4, 0.5) is 0 Å². The average Bonchev–Trinajstić information content (AvgIpc) is 2.53. The standard InChI is InChI=1S/C21H27N/c1-17-12-13-21(15-18(17)2)8-4-3-7-19-9-5-10-20(16-19)11-6-14-22/h4-5,8-10,12-13,15-16H,3,6-7,11,14,22H2,1-2H3/b8-4-. The number of aryl methyl sites for hydroxylation is 4. The molecule has 0 fully saturated rings. The fraction of sp³-hybridized carbons (Fsp3) is 0.333. The van der Waals surface area contributed by atoms with Gasteiger partial charge in [-0.15, -0.1) is 0 Å². The van der Waals surface area contributed by atoms with Crippen LogP contribution in [0.3, 0.4) is 0 Å². The number of hydrogen-bond acceptors (Lipinski definition) is 1. The van der Waals surface area contributed by atoms with Crippen LogP contribution in [0.15, 0.2) is 48.5 Å². The van der Waals surface area contributed by atoms with Crippen molar-refractivity contribution in [2.45, 2.75) is 39.5 Å². The molecule has 2 aromatic carbocycles. The van der Waals surface area contributed by atoms with Gasteiger partial charge in [-0.05, 0) is 73.9 Å². The first-order valence-corrected chi connectivity index (χ1v) is 8.21. The minimum Gasteiger partial charge on any atom is -0.330 e. The van der Waals surface area contributed by atoms with Crippen molar-refractivity contribution in [3.8, 4) is 0 Å². The topological polar surface area (TPSA) is 26.0 Å². The van der Waals surface area contributed by atoms with Crippen molar-refractivity contribution >= 4 is 6.08 Å². The first kappa shape index (κ1) is 16.5. The Hall–Kier alpha value is -1.86. The van der Waals surface area contributed by atoms with Crippen LogP contribution in [0.2, 0.25) is 0 Å². The molecular weight excluding hydrogens is 266 g/mol. The van der Waals surface area contributed by atoms with Crippen LogP contribution in [-0.4, -0.2) is 6.54 Å². The van der Waals surface area contributed by atoms with Crippen LogP contribution in [0.25, 0.3) is 6.08 Å². The normalized spacial score (nSPS) is 11.2. The van der Waals surface area contributed by atoms with Crippen LogP contribution in [0.5, 0.6) is 0 Å². The Labute approximate surface area is 134 Å². The Balaban J connectivity index is 1.87. The molecule has 0 heterocycles. The zero-order valence-corrected chi connectivity index (χ0v) is 13.8. The molecule has 22 heavy (non-hydrogen) atoms. The minimum absolute atomic E-state index is 0.767. The summed E-state index contributed by atoms with van der Waals surface area (Å²) in [6.45, 7) is 5.09. The summed E-state index contributed by atoms with van der Waals surface area (Å²) in [5, 5.41) is 0. The maximum absolute atomic E-state index is 5.58. The molecule has 0 bridgehead atoms. The maximum atomic E-state index is 5.58. The van der Waals surface area contributed by atoms with Gasteiger partial charge in [-0.3, -0.25) is 0 Å². The van der Waals surface area contributed by atoms with Crippen molar-refractivity contribution in [1.29, 1.82) is 0 Å². The average molecular weight is 293 g/mol. The van der Waals surface area contributed by atoms with Gasteiger partial charge in [-0.2, -0.15) is 0 Å². The van der Waals surface area contributed by atoms with Gasteiger partial charge in [0.25, 0.3) is 0 Å². The number of benzene rings is 2. The molecule has 0 unspecified atom stereocenters. The Morgan fingerprint density at radius 3 is 2.41 bits per heavy atom. The van der Waals surface area contributed by atoms with E-state index in [0.29, 0.717) is 0 Å². The van der Waals surface area contributed by atoms with Gasteiger partial charge in [0, 0.05) is 0 Å². The fourth-order valence-corrected chi connectivity index (χ4v) is 2.58. The van der Waals surface area contributed by atoms with Crippen molar-refractivity contribution in [3.63, 3.8) is 0 Å². The lowest BCUT2D eigenvalue weighted by Crippen LogP contribution is -2.00. The molecule has 0 atom stereocenters. The van der Waals surface area contributed by atoms with Crippen LogP contribution >= 0.6 is 0 Å². The number of allylic oxidation sites excluding steroid dienone is 1. The van der Waals surface area contributed by atoms with E-state index in [1.165, 1.54) is 27.8 Å². The minimum atomic E-state index is 0.767. The monoisotopic (exact) mass is 293 g/mol. The number of rotatable bonds is 7. The van der Waals surface area contributed by atoms with Gasteiger partial charge in [0.05, 0.1) is 0 Å². The summed E-state index contributed by atoms with van der Waals surface area (Å²) in [4.78, 5) is 0. The first-order valence-electron chi connectivity index (χ1n) is 8.21. The molecule has 1 nitrogen and oxygen atoms in total. The Morgan fingerprint density at radius 1 is 0.909 bits per heavy atom. The van der Waals surface area contributed by atoms with Crippen molar-refractivity contribution in [2.24, 2.45) is 5.73 Å². The third kappa shape index (κ3) is 5.16. The van der Waals surface area contributed by atoms with Gasteiger partial charge in [-0.25, -0.2) is 0 Å². The van der Waals surface area contributed by atoms with E-state index in [1.807, 2.05) is 0 Å². The lowest BCUT2D eigenvalue weighted by molar-refractivity contribution is 0.830. The highest BCUT2D eigenvalue weighted by atomic mass is 14.5. The van der Waals surface area contributed by atoms with Crippen LogP contribution < -0.4 is 5.73 Å². The second kappa shape index (κ2) is 8.55. The first-order chi connectivity index (χ1) is 10.7. The molecule has 0 aliphatic heterocycles. The van der Waals surface area contributed by atoms with Gasteiger partial charge in [0.15, 0.2) is 0 Å². The summed E-state index contributed by atoms with van der Waals surface area (Å²) < 4.78 is 0. The number of nitrogens with two attached hydrogens (primary N) is 1. The predicted octanol–water partition coefficient (Wildman–Crippen LogP) is 4.84. The highest BCUT2D eigenvalue weighted by Gasteiger charge is 1.96. The molecule has 0 aromatic heterocycles. The Kier molecular flexibility index (Phi) is 6.42. The third-order valence-corrected chi connectivity index (χ3v) is 4.10. The maximum Gasteiger partial charge on any atom is -0.00741 e. The smallest absolute Gasteiger partial charge is 0.00741 e. The van der Waals surface area contributed by atoms with Crippen molar-refractivity contribution in [2.75, 3.05) is 6.54 Å². The van der Waals surface area contributed by atoms with Gasteiger partial charge < -0.3 is 5.73 Å². The van der Waals surface area contributed by atoms with E-state index in [-0.39, 0.29) is 0 Å². The molecule has 0 saturated carbocycles. The molecule has 2 aromatic rings. The summed E-state index contributed by atoms with van der Waals surface area (Å²) >= 11 is 0. The predicted molar refractivity (Wildman–Crippen MR) is 97.1 cm³/mol. The Morgan fingerprint density at radius 2 is 1.68 bits per heavy atom.